The lowest BCUT2D eigenvalue weighted by atomic mass is 10.2. The van der Waals surface area contributed by atoms with Crippen LogP contribution in [0.15, 0.2) is 23.8 Å². The Kier molecular flexibility index (Phi) is 6.22. The monoisotopic (exact) mass is 175 g/mol. The summed E-state index contributed by atoms with van der Waals surface area (Å²) in [5.74, 6) is 0. The lowest BCUT2D eigenvalue weighted by Gasteiger charge is -2.06. The van der Waals surface area contributed by atoms with Crippen LogP contribution < -0.4 is 5.48 Å². The molecule has 0 spiro atoms. The SMILES string of the molecule is C=C/C=C(/Cl)CCC(C)NO. The average molecular weight is 176 g/mol. The van der Waals surface area contributed by atoms with E-state index in [9.17, 15) is 0 Å². The normalized spacial score (nSPS) is 14.6. The number of allylic oxidation sites excluding steroid dienone is 3. The van der Waals surface area contributed by atoms with Crippen LogP contribution in [-0.2, 0) is 0 Å². The molecule has 0 aliphatic heterocycles. The van der Waals surface area contributed by atoms with E-state index in [0.29, 0.717) is 0 Å². The molecule has 1 unspecified atom stereocenters. The smallest absolute Gasteiger partial charge is 0.0294 e. The maximum Gasteiger partial charge on any atom is 0.0294 e. The Morgan fingerprint density at radius 1 is 1.82 bits per heavy atom. The number of hydrogen-bond donors (Lipinski definition) is 2. The molecule has 2 nitrogen and oxygen atoms in total. The molecule has 0 saturated carbocycles. The lowest BCUT2D eigenvalue weighted by Crippen LogP contribution is -2.21. The quantitative estimate of drug-likeness (QED) is 0.497. The summed E-state index contributed by atoms with van der Waals surface area (Å²) >= 11 is 5.76. The second kappa shape index (κ2) is 6.40. The van der Waals surface area contributed by atoms with Crippen molar-refractivity contribution in [3.8, 4) is 0 Å². The Bertz CT molecular complexity index is 145. The van der Waals surface area contributed by atoms with Crippen LogP contribution in [0.5, 0.6) is 0 Å². The summed E-state index contributed by atoms with van der Waals surface area (Å²) in [6.45, 7) is 5.41. The topological polar surface area (TPSA) is 32.3 Å². The molecule has 64 valence electrons. The average Bonchev–Trinajstić information content (AvgIpc) is 2.01. The van der Waals surface area contributed by atoms with Gasteiger partial charge in [0.15, 0.2) is 0 Å². The third-order valence-electron chi connectivity index (χ3n) is 1.34. The molecule has 0 aromatic carbocycles. The highest BCUT2D eigenvalue weighted by molar-refractivity contribution is 6.29. The van der Waals surface area contributed by atoms with E-state index in [1.54, 1.807) is 12.2 Å². The first-order valence-electron chi connectivity index (χ1n) is 3.57. The highest BCUT2D eigenvalue weighted by Gasteiger charge is 1.99. The van der Waals surface area contributed by atoms with Crippen molar-refractivity contribution in [2.75, 3.05) is 0 Å². The minimum atomic E-state index is 0.0852. The van der Waals surface area contributed by atoms with Gasteiger partial charge >= 0.3 is 0 Å². The van der Waals surface area contributed by atoms with Crippen LogP contribution in [0.4, 0.5) is 0 Å². The van der Waals surface area contributed by atoms with Crippen molar-refractivity contribution in [2.24, 2.45) is 0 Å². The fourth-order valence-electron chi connectivity index (χ4n) is 0.630. The molecule has 0 fully saturated rings. The van der Waals surface area contributed by atoms with E-state index in [4.69, 9.17) is 16.8 Å². The van der Waals surface area contributed by atoms with Crippen molar-refractivity contribution in [1.82, 2.24) is 5.48 Å². The zero-order valence-electron chi connectivity index (χ0n) is 6.68. The van der Waals surface area contributed by atoms with Gasteiger partial charge in [-0.15, -0.1) is 0 Å². The van der Waals surface area contributed by atoms with E-state index in [1.165, 1.54) is 0 Å². The van der Waals surface area contributed by atoms with Gasteiger partial charge in [-0.1, -0.05) is 24.3 Å². The number of nitrogens with one attached hydrogen (secondary N) is 1. The minimum absolute atomic E-state index is 0.0852. The van der Waals surface area contributed by atoms with Crippen LogP contribution in [0.3, 0.4) is 0 Å². The molecule has 0 aliphatic rings. The predicted molar refractivity (Wildman–Crippen MR) is 47.8 cm³/mol. The Morgan fingerprint density at radius 3 is 2.91 bits per heavy atom. The molecule has 0 saturated heterocycles. The highest BCUT2D eigenvalue weighted by Crippen LogP contribution is 2.11. The molecule has 0 amide bonds. The summed E-state index contributed by atoms with van der Waals surface area (Å²) in [4.78, 5) is 0. The first-order valence-corrected chi connectivity index (χ1v) is 3.95. The standard InChI is InChI=1S/C8H14ClNO/c1-3-4-8(9)6-5-7(2)10-11/h3-4,7,10-11H,1,5-6H2,2H3/b8-4+. The molecule has 2 N–H and O–H groups in total. The van der Waals surface area contributed by atoms with Gasteiger partial charge in [0.2, 0.25) is 0 Å². The zero-order chi connectivity index (χ0) is 8.69. The summed E-state index contributed by atoms with van der Waals surface area (Å²) < 4.78 is 0. The molecule has 0 radical (unpaired) electrons. The molecule has 11 heavy (non-hydrogen) atoms. The van der Waals surface area contributed by atoms with Gasteiger partial charge in [-0.2, -0.15) is 0 Å². The lowest BCUT2D eigenvalue weighted by molar-refractivity contribution is 0.129. The number of hydroxylamine groups is 1. The van der Waals surface area contributed by atoms with Crippen LogP contribution in [0, 0.1) is 0 Å². The van der Waals surface area contributed by atoms with Crippen molar-refractivity contribution in [2.45, 2.75) is 25.8 Å². The molecule has 0 rings (SSSR count). The molecule has 3 heteroatoms. The molecule has 0 aliphatic carbocycles. The van der Waals surface area contributed by atoms with E-state index in [-0.39, 0.29) is 6.04 Å². The molecular weight excluding hydrogens is 162 g/mol. The van der Waals surface area contributed by atoms with Crippen molar-refractivity contribution < 1.29 is 5.21 Å². The fraction of sp³-hybridized carbons (Fsp3) is 0.500. The third-order valence-corrected chi connectivity index (χ3v) is 1.65. The molecule has 1 atom stereocenters. The van der Waals surface area contributed by atoms with Crippen LogP contribution in [-0.4, -0.2) is 11.2 Å². The molecule has 0 aromatic heterocycles. The van der Waals surface area contributed by atoms with E-state index in [2.05, 4.69) is 12.1 Å². The summed E-state index contributed by atoms with van der Waals surface area (Å²) in [5, 5.41) is 9.21. The third kappa shape index (κ3) is 6.10. The van der Waals surface area contributed by atoms with Gasteiger partial charge in [0.1, 0.15) is 0 Å². The van der Waals surface area contributed by atoms with E-state index >= 15 is 0 Å². The fourth-order valence-corrected chi connectivity index (χ4v) is 0.828. The van der Waals surface area contributed by atoms with Crippen LogP contribution in [0.2, 0.25) is 0 Å². The van der Waals surface area contributed by atoms with Crippen molar-refractivity contribution >= 4 is 11.6 Å². The summed E-state index contributed by atoms with van der Waals surface area (Å²) in [7, 11) is 0. The van der Waals surface area contributed by atoms with Crippen molar-refractivity contribution in [3.63, 3.8) is 0 Å². The van der Waals surface area contributed by atoms with Gasteiger partial charge in [-0.25, -0.2) is 5.48 Å². The number of hydrogen-bond acceptors (Lipinski definition) is 2. The summed E-state index contributed by atoms with van der Waals surface area (Å²) in [6, 6.07) is 0.0852. The minimum Gasteiger partial charge on any atom is -0.317 e. The van der Waals surface area contributed by atoms with Crippen LogP contribution in [0.1, 0.15) is 19.8 Å². The maximum absolute atomic E-state index is 8.44. The maximum atomic E-state index is 8.44. The molecule has 0 heterocycles. The highest BCUT2D eigenvalue weighted by atomic mass is 35.5. The van der Waals surface area contributed by atoms with Gasteiger partial charge in [-0.05, 0) is 25.8 Å². The number of halogens is 1. The second-order valence-electron chi connectivity index (χ2n) is 2.42. The van der Waals surface area contributed by atoms with Gasteiger partial charge < -0.3 is 5.21 Å². The van der Waals surface area contributed by atoms with Gasteiger partial charge in [0.05, 0.1) is 0 Å². The van der Waals surface area contributed by atoms with Crippen molar-refractivity contribution in [3.05, 3.63) is 23.8 Å². The van der Waals surface area contributed by atoms with Gasteiger partial charge in [0, 0.05) is 11.1 Å². The Hall–Kier alpha value is -0.310. The van der Waals surface area contributed by atoms with E-state index < -0.39 is 0 Å². The Labute approximate surface area is 72.5 Å². The second-order valence-corrected chi connectivity index (χ2v) is 2.90. The Balaban J connectivity index is 3.52. The molecule has 0 aromatic rings. The van der Waals surface area contributed by atoms with Gasteiger partial charge in [0.25, 0.3) is 0 Å². The Morgan fingerprint density at radius 2 is 2.45 bits per heavy atom. The first kappa shape index (κ1) is 10.7. The van der Waals surface area contributed by atoms with E-state index in [0.717, 1.165) is 17.9 Å². The number of rotatable bonds is 5. The summed E-state index contributed by atoms with van der Waals surface area (Å²) in [5.41, 5.74) is 2.15. The van der Waals surface area contributed by atoms with Crippen LogP contribution in [0.25, 0.3) is 0 Å². The van der Waals surface area contributed by atoms with Gasteiger partial charge in [-0.3, -0.25) is 0 Å². The molecular formula is C8H14ClNO. The van der Waals surface area contributed by atoms with Crippen LogP contribution >= 0.6 is 11.6 Å². The van der Waals surface area contributed by atoms with Crippen molar-refractivity contribution in [1.29, 1.82) is 0 Å². The summed E-state index contributed by atoms with van der Waals surface area (Å²) in [6.07, 6.45) is 4.99. The molecule has 0 bridgehead atoms. The first-order chi connectivity index (χ1) is 5.20. The van der Waals surface area contributed by atoms with E-state index in [1.807, 2.05) is 6.92 Å². The largest absolute Gasteiger partial charge is 0.317 e. The predicted octanol–water partition coefficient (Wildman–Crippen LogP) is 2.44. The zero-order valence-corrected chi connectivity index (χ0v) is 7.43.